The van der Waals surface area contributed by atoms with Crippen molar-refractivity contribution in [2.75, 3.05) is 7.11 Å². The molecule has 0 aliphatic heterocycles. The first-order valence-corrected chi connectivity index (χ1v) is 7.05. The molecule has 0 saturated heterocycles. The standard InChI is InChI=1S/C13H12Cl2O2S/c1-16-10-2-4-12(9(6-10)7-14)17-8-11-3-5-13(15)18-11/h2-6H,7-8H2,1H3. The van der Waals surface area contributed by atoms with Crippen molar-refractivity contribution in [2.24, 2.45) is 0 Å². The van der Waals surface area contributed by atoms with E-state index < -0.39 is 0 Å². The molecule has 0 fully saturated rings. The Balaban J connectivity index is 2.08. The Kier molecular flexibility index (Phi) is 4.75. The minimum Gasteiger partial charge on any atom is -0.497 e. The molecule has 0 radical (unpaired) electrons. The van der Waals surface area contributed by atoms with Gasteiger partial charge in [-0.2, -0.15) is 0 Å². The molecule has 0 spiro atoms. The topological polar surface area (TPSA) is 18.5 Å². The van der Waals surface area contributed by atoms with Crippen molar-refractivity contribution in [3.05, 3.63) is 45.1 Å². The maximum Gasteiger partial charge on any atom is 0.124 e. The molecular formula is C13H12Cl2O2S. The molecule has 0 atom stereocenters. The largest absolute Gasteiger partial charge is 0.497 e. The first kappa shape index (κ1) is 13.5. The molecule has 0 bridgehead atoms. The zero-order valence-electron chi connectivity index (χ0n) is 9.78. The third-order valence-electron chi connectivity index (χ3n) is 2.41. The Morgan fingerprint density at radius 1 is 1.22 bits per heavy atom. The minimum atomic E-state index is 0.387. The van der Waals surface area contributed by atoms with Gasteiger partial charge in [0, 0.05) is 10.4 Å². The molecular weight excluding hydrogens is 291 g/mol. The zero-order chi connectivity index (χ0) is 13.0. The van der Waals surface area contributed by atoms with Crippen molar-refractivity contribution in [3.63, 3.8) is 0 Å². The van der Waals surface area contributed by atoms with Crippen molar-refractivity contribution < 1.29 is 9.47 Å². The summed E-state index contributed by atoms with van der Waals surface area (Å²) in [6.45, 7) is 0.494. The molecule has 0 unspecified atom stereocenters. The van der Waals surface area contributed by atoms with Gasteiger partial charge in [-0.15, -0.1) is 22.9 Å². The second-order valence-corrected chi connectivity index (χ2v) is 5.67. The molecule has 18 heavy (non-hydrogen) atoms. The molecule has 1 heterocycles. The lowest BCUT2D eigenvalue weighted by Crippen LogP contribution is -1.96. The van der Waals surface area contributed by atoms with E-state index in [9.17, 15) is 0 Å². The number of halogens is 2. The number of hydrogen-bond donors (Lipinski definition) is 0. The Bertz CT molecular complexity index is 525. The van der Waals surface area contributed by atoms with Crippen molar-refractivity contribution >= 4 is 34.5 Å². The summed E-state index contributed by atoms with van der Waals surface area (Å²) in [4.78, 5) is 1.08. The Labute approximate surface area is 120 Å². The summed E-state index contributed by atoms with van der Waals surface area (Å²) in [5, 5.41) is 0. The van der Waals surface area contributed by atoms with Crippen LogP contribution in [0.15, 0.2) is 30.3 Å². The van der Waals surface area contributed by atoms with Gasteiger partial charge in [-0.05, 0) is 30.3 Å². The van der Waals surface area contributed by atoms with Gasteiger partial charge in [-0.25, -0.2) is 0 Å². The van der Waals surface area contributed by atoms with Crippen LogP contribution >= 0.6 is 34.5 Å². The summed E-state index contributed by atoms with van der Waals surface area (Å²) in [7, 11) is 1.63. The maximum atomic E-state index is 5.89. The SMILES string of the molecule is COc1ccc(OCc2ccc(Cl)s2)c(CCl)c1. The number of hydrogen-bond acceptors (Lipinski definition) is 3. The van der Waals surface area contributed by atoms with Crippen LogP contribution in [0, 0.1) is 0 Å². The molecule has 0 aliphatic rings. The fourth-order valence-corrected chi connectivity index (χ4v) is 2.72. The van der Waals surface area contributed by atoms with E-state index in [4.69, 9.17) is 32.7 Å². The quantitative estimate of drug-likeness (QED) is 0.744. The highest BCUT2D eigenvalue weighted by molar-refractivity contribution is 7.16. The molecule has 96 valence electrons. The van der Waals surface area contributed by atoms with Crippen LogP contribution in [0.1, 0.15) is 10.4 Å². The molecule has 2 nitrogen and oxygen atoms in total. The molecule has 1 aromatic heterocycles. The predicted octanol–water partition coefficient (Wildman–Crippen LogP) is 4.73. The molecule has 0 amide bonds. The second kappa shape index (κ2) is 6.32. The number of thiophene rings is 1. The van der Waals surface area contributed by atoms with Gasteiger partial charge >= 0.3 is 0 Å². The third kappa shape index (κ3) is 3.31. The van der Waals surface area contributed by atoms with E-state index in [0.29, 0.717) is 12.5 Å². The highest BCUT2D eigenvalue weighted by Crippen LogP contribution is 2.28. The molecule has 1 aromatic carbocycles. The van der Waals surface area contributed by atoms with Gasteiger partial charge in [0.05, 0.1) is 17.3 Å². The van der Waals surface area contributed by atoms with E-state index in [1.165, 1.54) is 11.3 Å². The lowest BCUT2D eigenvalue weighted by atomic mass is 10.2. The van der Waals surface area contributed by atoms with Gasteiger partial charge in [0.15, 0.2) is 0 Å². The maximum absolute atomic E-state index is 5.89. The molecule has 0 N–H and O–H groups in total. The molecule has 2 rings (SSSR count). The zero-order valence-corrected chi connectivity index (χ0v) is 12.1. The number of ether oxygens (including phenoxy) is 2. The minimum absolute atomic E-state index is 0.387. The average molecular weight is 303 g/mol. The van der Waals surface area contributed by atoms with E-state index in [1.807, 2.05) is 30.3 Å². The summed E-state index contributed by atoms with van der Waals surface area (Å²) >= 11 is 13.3. The Morgan fingerprint density at radius 2 is 2.06 bits per heavy atom. The lowest BCUT2D eigenvalue weighted by Gasteiger charge is -2.10. The van der Waals surface area contributed by atoms with Crippen LogP contribution < -0.4 is 9.47 Å². The van der Waals surface area contributed by atoms with Gasteiger partial charge in [0.25, 0.3) is 0 Å². The van der Waals surface area contributed by atoms with Gasteiger partial charge in [-0.3, -0.25) is 0 Å². The van der Waals surface area contributed by atoms with E-state index in [2.05, 4.69) is 0 Å². The van der Waals surface area contributed by atoms with Crippen LogP contribution in [0.3, 0.4) is 0 Å². The Hall–Kier alpha value is -0.900. The number of alkyl halides is 1. The highest BCUT2D eigenvalue weighted by Gasteiger charge is 2.06. The van der Waals surface area contributed by atoms with Crippen molar-refractivity contribution in [2.45, 2.75) is 12.5 Å². The molecule has 2 aromatic rings. The van der Waals surface area contributed by atoms with E-state index >= 15 is 0 Å². The van der Waals surface area contributed by atoms with Crippen LogP contribution in [0.4, 0.5) is 0 Å². The first-order chi connectivity index (χ1) is 8.72. The fourth-order valence-electron chi connectivity index (χ4n) is 1.51. The van der Waals surface area contributed by atoms with E-state index in [-0.39, 0.29) is 0 Å². The van der Waals surface area contributed by atoms with Gasteiger partial charge < -0.3 is 9.47 Å². The summed E-state index contributed by atoms with van der Waals surface area (Å²) in [6, 6.07) is 9.42. The fraction of sp³-hybridized carbons (Fsp3) is 0.231. The molecule has 5 heteroatoms. The molecule has 0 aliphatic carbocycles. The summed E-state index contributed by atoms with van der Waals surface area (Å²) in [5.41, 5.74) is 0.915. The van der Waals surface area contributed by atoms with E-state index in [1.54, 1.807) is 7.11 Å². The van der Waals surface area contributed by atoms with Gasteiger partial charge in [-0.1, -0.05) is 11.6 Å². The normalized spacial score (nSPS) is 10.4. The van der Waals surface area contributed by atoms with Crippen molar-refractivity contribution in [1.82, 2.24) is 0 Å². The molecule has 0 saturated carbocycles. The van der Waals surface area contributed by atoms with Crippen LogP contribution in [0.25, 0.3) is 0 Å². The number of benzene rings is 1. The average Bonchev–Trinajstić information content (AvgIpc) is 2.82. The third-order valence-corrected chi connectivity index (χ3v) is 3.90. The summed E-state index contributed by atoms with van der Waals surface area (Å²) < 4.78 is 11.7. The van der Waals surface area contributed by atoms with Crippen LogP contribution in [-0.4, -0.2) is 7.11 Å². The number of rotatable bonds is 5. The monoisotopic (exact) mass is 302 g/mol. The highest BCUT2D eigenvalue weighted by atomic mass is 35.5. The summed E-state index contributed by atoms with van der Waals surface area (Å²) in [5.74, 6) is 1.94. The number of methoxy groups -OCH3 is 1. The Morgan fingerprint density at radius 3 is 2.67 bits per heavy atom. The van der Waals surface area contributed by atoms with Crippen LogP contribution in [0.5, 0.6) is 11.5 Å². The summed E-state index contributed by atoms with van der Waals surface area (Å²) in [6.07, 6.45) is 0. The van der Waals surface area contributed by atoms with Crippen molar-refractivity contribution in [1.29, 1.82) is 0 Å². The lowest BCUT2D eigenvalue weighted by molar-refractivity contribution is 0.306. The van der Waals surface area contributed by atoms with Crippen molar-refractivity contribution in [3.8, 4) is 11.5 Å². The van der Waals surface area contributed by atoms with E-state index in [0.717, 1.165) is 26.3 Å². The van der Waals surface area contributed by atoms with Crippen LogP contribution in [-0.2, 0) is 12.5 Å². The van der Waals surface area contributed by atoms with Gasteiger partial charge in [0.1, 0.15) is 18.1 Å². The van der Waals surface area contributed by atoms with Crippen LogP contribution in [0.2, 0.25) is 4.34 Å². The smallest absolute Gasteiger partial charge is 0.124 e. The van der Waals surface area contributed by atoms with Gasteiger partial charge in [0.2, 0.25) is 0 Å². The second-order valence-electron chi connectivity index (χ2n) is 3.60. The first-order valence-electron chi connectivity index (χ1n) is 5.33. The predicted molar refractivity (Wildman–Crippen MR) is 76.2 cm³/mol.